The normalized spacial score (nSPS) is 18.0. The molecule has 1 aromatic carbocycles. The largest absolute Gasteiger partial charge is 0.417 e. The number of pyridine rings is 1. The zero-order valence-corrected chi connectivity index (χ0v) is 13.9. The van der Waals surface area contributed by atoms with Gasteiger partial charge in [-0.15, -0.1) is 0 Å². The number of alkyl halides is 3. The van der Waals surface area contributed by atoms with Crippen LogP contribution in [-0.4, -0.2) is 24.1 Å². The van der Waals surface area contributed by atoms with Gasteiger partial charge in [-0.2, -0.15) is 17.6 Å². The number of anilines is 1. The maximum absolute atomic E-state index is 12.9. The molecule has 1 saturated heterocycles. The van der Waals surface area contributed by atoms with Crippen molar-refractivity contribution in [2.75, 3.05) is 18.0 Å². The van der Waals surface area contributed by atoms with Gasteiger partial charge in [0.1, 0.15) is 0 Å². The van der Waals surface area contributed by atoms with Crippen LogP contribution in [0.4, 0.5) is 23.2 Å². The lowest BCUT2D eigenvalue weighted by atomic mass is 10.1. The molecule has 1 aliphatic rings. The molecule has 1 fully saturated rings. The summed E-state index contributed by atoms with van der Waals surface area (Å²) < 4.78 is 51.6. The molecule has 0 aliphatic carbocycles. The highest BCUT2D eigenvalue weighted by molar-refractivity contribution is 6.31. The van der Waals surface area contributed by atoms with Crippen molar-refractivity contribution in [2.45, 2.75) is 25.2 Å². The van der Waals surface area contributed by atoms with Crippen LogP contribution >= 0.6 is 11.6 Å². The smallest absolute Gasteiger partial charge is 0.369 e. The van der Waals surface area contributed by atoms with Crippen molar-refractivity contribution in [3.05, 3.63) is 58.6 Å². The summed E-state index contributed by atoms with van der Waals surface area (Å²) in [6.07, 6.45) is -2.14. The molecule has 0 amide bonds. The van der Waals surface area contributed by atoms with E-state index in [9.17, 15) is 17.6 Å². The van der Waals surface area contributed by atoms with Crippen molar-refractivity contribution in [3.8, 4) is 0 Å². The van der Waals surface area contributed by atoms with Gasteiger partial charge in [-0.1, -0.05) is 17.7 Å². The Kier molecular flexibility index (Phi) is 5.15. The molecule has 2 heterocycles. The molecule has 1 unspecified atom stereocenters. The van der Waals surface area contributed by atoms with Crippen molar-refractivity contribution >= 4 is 17.3 Å². The summed E-state index contributed by atoms with van der Waals surface area (Å²) in [7, 11) is 0. The fourth-order valence-corrected chi connectivity index (χ4v) is 3.10. The summed E-state index contributed by atoms with van der Waals surface area (Å²) >= 11 is 5.63. The summed E-state index contributed by atoms with van der Waals surface area (Å²) in [5.74, 6) is -0.527. The van der Waals surface area contributed by atoms with Gasteiger partial charge in [0.05, 0.1) is 22.5 Å². The lowest BCUT2D eigenvalue weighted by molar-refractivity contribution is -0.137. The number of hydrogen-bond acceptors (Lipinski definition) is 3. The zero-order valence-electron chi connectivity index (χ0n) is 13.2. The van der Waals surface area contributed by atoms with E-state index in [4.69, 9.17) is 11.6 Å². The van der Waals surface area contributed by atoms with Gasteiger partial charge in [-0.3, -0.25) is 0 Å². The Morgan fingerprint density at radius 2 is 2.04 bits per heavy atom. The average molecular weight is 374 g/mol. The third-order valence-corrected chi connectivity index (χ3v) is 4.53. The number of hydrogen-bond donors (Lipinski definition) is 1. The van der Waals surface area contributed by atoms with Crippen molar-refractivity contribution in [3.63, 3.8) is 0 Å². The van der Waals surface area contributed by atoms with Gasteiger partial charge in [-0.25, -0.2) is 4.98 Å². The van der Waals surface area contributed by atoms with Crippen molar-refractivity contribution in [1.29, 1.82) is 0 Å². The number of aromatic nitrogens is 1. The second kappa shape index (κ2) is 7.17. The van der Waals surface area contributed by atoms with Crippen molar-refractivity contribution < 1.29 is 17.6 Å². The summed E-state index contributed by atoms with van der Waals surface area (Å²) in [4.78, 5) is 5.70. The summed E-state index contributed by atoms with van der Waals surface area (Å²) in [5.41, 5.74) is 0.536. The molecule has 2 aromatic rings. The summed E-state index contributed by atoms with van der Waals surface area (Å²) in [6.45, 7) is 1.78. The average Bonchev–Trinajstić information content (AvgIpc) is 3.02. The van der Waals surface area contributed by atoms with Crippen LogP contribution in [0.1, 0.15) is 17.5 Å². The van der Waals surface area contributed by atoms with Crippen LogP contribution in [0.2, 0.25) is 5.02 Å². The van der Waals surface area contributed by atoms with Crippen LogP contribution in [0, 0.1) is 5.95 Å². The molecule has 0 radical (unpaired) electrons. The highest BCUT2D eigenvalue weighted by Gasteiger charge is 2.33. The SMILES string of the molecule is Fc1ccc(N2CCC(NCc3ccc(Cl)c(C(F)(F)F)c3)C2)cn1. The third-order valence-electron chi connectivity index (χ3n) is 4.20. The van der Waals surface area contributed by atoms with Gasteiger partial charge in [0.2, 0.25) is 5.95 Å². The van der Waals surface area contributed by atoms with Gasteiger partial charge >= 0.3 is 6.18 Å². The maximum atomic E-state index is 12.9. The van der Waals surface area contributed by atoms with Crippen LogP contribution in [-0.2, 0) is 12.7 Å². The first-order valence-electron chi connectivity index (χ1n) is 7.78. The van der Waals surface area contributed by atoms with E-state index in [1.807, 2.05) is 0 Å². The van der Waals surface area contributed by atoms with E-state index in [0.29, 0.717) is 18.7 Å². The molecule has 25 heavy (non-hydrogen) atoms. The standard InChI is InChI=1S/C17H16ClF4N3/c18-15-3-1-11(7-14(15)17(20,21)22)8-23-12-5-6-25(10-12)13-2-4-16(19)24-9-13/h1-4,7,9,12,23H,5-6,8,10H2. The summed E-state index contributed by atoms with van der Waals surface area (Å²) in [5, 5.41) is 2.96. The number of halogens is 5. The van der Waals surface area contributed by atoms with Gasteiger partial charge in [0.15, 0.2) is 0 Å². The molecule has 3 nitrogen and oxygen atoms in total. The fraction of sp³-hybridized carbons (Fsp3) is 0.353. The Bertz CT molecular complexity index is 734. The lowest BCUT2D eigenvalue weighted by Gasteiger charge is -2.19. The van der Waals surface area contributed by atoms with E-state index in [1.54, 1.807) is 12.1 Å². The topological polar surface area (TPSA) is 28.2 Å². The highest BCUT2D eigenvalue weighted by Crippen LogP contribution is 2.35. The Morgan fingerprint density at radius 3 is 2.72 bits per heavy atom. The fourth-order valence-electron chi connectivity index (χ4n) is 2.88. The molecule has 1 atom stereocenters. The predicted molar refractivity (Wildman–Crippen MR) is 88.1 cm³/mol. The first-order valence-corrected chi connectivity index (χ1v) is 8.16. The van der Waals surface area contributed by atoms with Crippen molar-refractivity contribution in [2.24, 2.45) is 0 Å². The van der Waals surface area contributed by atoms with E-state index in [2.05, 4.69) is 15.2 Å². The minimum atomic E-state index is -4.47. The Labute approximate surface area is 147 Å². The number of nitrogens with one attached hydrogen (secondary N) is 1. The molecule has 3 rings (SSSR count). The monoisotopic (exact) mass is 373 g/mol. The van der Waals surface area contributed by atoms with E-state index < -0.39 is 17.7 Å². The van der Waals surface area contributed by atoms with E-state index in [1.165, 1.54) is 18.3 Å². The Balaban J connectivity index is 1.59. The second-order valence-corrected chi connectivity index (χ2v) is 6.37. The number of rotatable bonds is 4. The van der Waals surface area contributed by atoms with Gasteiger partial charge in [0, 0.05) is 25.7 Å². The predicted octanol–water partition coefficient (Wildman–Crippen LogP) is 4.26. The molecule has 134 valence electrons. The Morgan fingerprint density at radius 1 is 1.24 bits per heavy atom. The molecule has 0 bridgehead atoms. The quantitative estimate of drug-likeness (QED) is 0.641. The number of nitrogens with zero attached hydrogens (tertiary/aromatic N) is 2. The van der Waals surface area contributed by atoms with Crippen LogP contribution < -0.4 is 10.2 Å². The number of benzene rings is 1. The second-order valence-electron chi connectivity index (χ2n) is 5.96. The zero-order chi connectivity index (χ0) is 18.0. The molecule has 1 aliphatic heterocycles. The first kappa shape index (κ1) is 17.9. The minimum Gasteiger partial charge on any atom is -0.369 e. The molecule has 0 saturated carbocycles. The van der Waals surface area contributed by atoms with Gasteiger partial charge in [-0.05, 0) is 36.2 Å². The van der Waals surface area contributed by atoms with Gasteiger partial charge < -0.3 is 10.2 Å². The minimum absolute atomic E-state index is 0.134. The molecule has 1 aromatic heterocycles. The lowest BCUT2D eigenvalue weighted by Crippen LogP contribution is -2.32. The van der Waals surface area contributed by atoms with Crippen LogP contribution in [0.3, 0.4) is 0 Å². The van der Waals surface area contributed by atoms with E-state index >= 15 is 0 Å². The molecule has 0 spiro atoms. The summed E-state index contributed by atoms with van der Waals surface area (Å²) in [6, 6.07) is 7.04. The molecule has 1 N–H and O–H groups in total. The molecular formula is C17H16ClF4N3. The van der Waals surface area contributed by atoms with E-state index in [0.717, 1.165) is 24.7 Å². The van der Waals surface area contributed by atoms with Crippen molar-refractivity contribution in [1.82, 2.24) is 10.3 Å². The van der Waals surface area contributed by atoms with Crippen LogP contribution in [0.5, 0.6) is 0 Å². The molecular weight excluding hydrogens is 358 g/mol. The van der Waals surface area contributed by atoms with E-state index in [-0.39, 0.29) is 11.1 Å². The Hall–Kier alpha value is -1.86. The highest BCUT2D eigenvalue weighted by atomic mass is 35.5. The van der Waals surface area contributed by atoms with Gasteiger partial charge in [0.25, 0.3) is 0 Å². The van der Waals surface area contributed by atoms with Crippen LogP contribution in [0.15, 0.2) is 36.5 Å². The maximum Gasteiger partial charge on any atom is 0.417 e. The van der Waals surface area contributed by atoms with Crippen LogP contribution in [0.25, 0.3) is 0 Å². The third kappa shape index (κ3) is 4.41. The first-order chi connectivity index (χ1) is 11.8. The molecule has 8 heteroatoms.